The van der Waals surface area contributed by atoms with Gasteiger partial charge in [-0.3, -0.25) is 14.4 Å². The fraction of sp³-hybridized carbons (Fsp3) is 0.379. The van der Waals surface area contributed by atoms with E-state index in [1.54, 1.807) is 48.5 Å². The molecule has 4 atom stereocenters. The molecule has 0 aromatic heterocycles. The van der Waals surface area contributed by atoms with E-state index in [1.807, 2.05) is 36.4 Å². The maximum Gasteiger partial charge on any atom is 0.372 e. The third-order valence-corrected chi connectivity index (χ3v) is 14.3. The highest BCUT2D eigenvalue weighted by atomic mass is 127. The monoisotopic (exact) mass is 1190 g/mol. The summed E-state index contributed by atoms with van der Waals surface area (Å²) in [6.07, 6.45) is 6.07. The summed E-state index contributed by atoms with van der Waals surface area (Å²) in [6.45, 7) is 5.07. The molecule has 13 nitrogen and oxygen atoms in total. The number of benzene rings is 6. The Balaban J connectivity index is 0.000000182. The van der Waals surface area contributed by atoms with Crippen molar-refractivity contribution in [2.45, 2.75) is 101 Å². The van der Waals surface area contributed by atoms with Crippen LogP contribution in [0.15, 0.2) is 109 Å². The lowest BCUT2D eigenvalue weighted by Gasteiger charge is -2.36. The number of aliphatic hydroxyl groups excluding tert-OH is 2. The minimum absolute atomic E-state index is 0. The van der Waals surface area contributed by atoms with Gasteiger partial charge in [-0.1, -0.05) is 83.9 Å². The predicted octanol–water partition coefficient (Wildman–Crippen LogP) is 9.73. The number of aryl methyl sites for hydroxylation is 2. The number of carbonyl (C=O) groups excluding carboxylic acids is 3. The fourth-order valence-corrected chi connectivity index (χ4v) is 9.13. The molecule has 6 aromatic rings. The van der Waals surface area contributed by atoms with Crippen molar-refractivity contribution in [3.8, 4) is 11.5 Å². The Kier molecular flexibility index (Phi) is 21.0. The van der Waals surface area contributed by atoms with Crippen molar-refractivity contribution in [2.24, 2.45) is 5.73 Å². The molecule has 1 amide bonds. The molecule has 2 aliphatic heterocycles. The summed E-state index contributed by atoms with van der Waals surface area (Å²) in [4.78, 5) is 51.3. The zero-order valence-electron chi connectivity index (χ0n) is 41.9. The van der Waals surface area contributed by atoms with E-state index in [2.05, 4.69) is 15.1 Å². The second kappa shape index (κ2) is 27.3. The topological polar surface area (TPSA) is 192 Å². The molecule has 0 radical (unpaired) electrons. The average Bonchev–Trinajstić information content (AvgIpc) is 4.33. The van der Waals surface area contributed by atoms with Crippen LogP contribution in [-0.2, 0) is 32.0 Å². The zero-order chi connectivity index (χ0) is 53.2. The summed E-state index contributed by atoms with van der Waals surface area (Å²) in [5.41, 5.74) is 9.14. The molecule has 6 aromatic carbocycles. The number of nitrogens with two attached hydrogens (primary N) is 1. The van der Waals surface area contributed by atoms with Crippen molar-refractivity contribution in [3.63, 3.8) is 0 Å². The summed E-state index contributed by atoms with van der Waals surface area (Å²) in [5, 5.41) is 37.0. The SMILES string of the molecule is I.N[C@H](CN1CCC1)C(O)c1ccc(OC2CC2)c(Cl)c1.O=C(CCc1ccc2cc(F)ccc2c1)C(=O)N[C@H](CN1CCC1)[C@H](O)c1ccc(OC2CC2)c(Cl)c1.O=C(O)C(=O)CCc1ccc2cc(F)ccc2c1. The van der Waals surface area contributed by atoms with Crippen LogP contribution in [0.2, 0.25) is 10.0 Å². The third kappa shape index (κ3) is 16.8. The number of hydrogen-bond acceptors (Lipinski definition) is 11. The van der Waals surface area contributed by atoms with Gasteiger partial charge in [0, 0.05) is 32.0 Å². The number of nitrogens with one attached hydrogen (secondary N) is 1. The summed E-state index contributed by atoms with van der Waals surface area (Å²) >= 11 is 12.6. The van der Waals surface area contributed by atoms with Crippen LogP contribution in [0, 0.1) is 11.6 Å². The first kappa shape index (κ1) is 58.4. The first-order valence-electron chi connectivity index (χ1n) is 25.5. The minimum Gasteiger partial charge on any atom is -0.489 e. The number of ether oxygens (including phenoxy) is 2. The highest BCUT2D eigenvalue weighted by Crippen LogP contribution is 2.36. The van der Waals surface area contributed by atoms with Gasteiger partial charge in [0.1, 0.15) is 29.2 Å². The molecule has 404 valence electrons. The molecule has 1 unspecified atom stereocenters. The Morgan fingerprint density at radius 1 is 0.605 bits per heavy atom. The number of nitrogens with zero attached hydrogens (tertiary/aromatic N) is 2. The highest BCUT2D eigenvalue weighted by Gasteiger charge is 2.31. The van der Waals surface area contributed by atoms with E-state index in [4.69, 9.17) is 43.5 Å². The van der Waals surface area contributed by atoms with Crippen LogP contribution in [0.4, 0.5) is 8.78 Å². The number of hydrogen-bond donors (Lipinski definition) is 5. The van der Waals surface area contributed by atoms with Crippen LogP contribution < -0.4 is 20.5 Å². The molecule has 0 spiro atoms. The molecule has 6 N–H and O–H groups in total. The number of fused-ring (bicyclic) bond motifs is 2. The standard InChI is InChI=1S/C29H30ClFN2O4.C15H21ClN2O2.C14H11FO3.HI/c30-24-16-21(6-11-27(24)37-23-8-9-23)28(35)25(17-33-12-1-13-33)32-29(36)26(34)10-3-18-2-4-20-15-22(31)7-5-19(20)14-18;16-12-8-10(2-5-14(12)20-11-3-4-11)15(19)13(17)9-18-6-1-7-18;15-12-5-4-10-7-9(1-3-11(10)8-12)2-6-13(16)14(17)18;/h2,4-7,11,14-16,23,25,28,35H,1,3,8-10,12-13,17H2,(H,32,36);2,5,8,11,13,15,19H,1,3-4,6-7,9,17H2;1,3-5,7-8H,2,6H2,(H,17,18);1H/t25-,28-;13-,15?;;/m11../s1. The highest BCUT2D eigenvalue weighted by molar-refractivity contribution is 14.0. The number of aliphatic carboxylic acids is 1. The summed E-state index contributed by atoms with van der Waals surface area (Å²) < 4.78 is 37.9. The van der Waals surface area contributed by atoms with Crippen LogP contribution >= 0.6 is 47.2 Å². The van der Waals surface area contributed by atoms with Crippen molar-refractivity contribution in [1.82, 2.24) is 15.1 Å². The number of aliphatic hydroxyl groups is 2. The molecule has 18 heteroatoms. The number of carboxylic acids is 1. The fourth-order valence-electron chi connectivity index (χ4n) is 8.66. The van der Waals surface area contributed by atoms with Crippen LogP contribution in [-0.4, -0.2) is 112 Å². The lowest BCUT2D eigenvalue weighted by molar-refractivity contribution is -0.149. The maximum atomic E-state index is 13.4. The van der Waals surface area contributed by atoms with E-state index >= 15 is 0 Å². The molecule has 4 aliphatic rings. The molecular formula is C58H63Cl2F2IN4O9. The molecular weight excluding hydrogens is 1130 g/mol. The van der Waals surface area contributed by atoms with Crippen molar-refractivity contribution in [3.05, 3.63) is 153 Å². The molecule has 0 bridgehead atoms. The zero-order valence-corrected chi connectivity index (χ0v) is 45.7. The van der Waals surface area contributed by atoms with E-state index in [-0.39, 0.29) is 60.6 Å². The lowest BCUT2D eigenvalue weighted by Crippen LogP contribution is -2.52. The van der Waals surface area contributed by atoms with Gasteiger partial charge in [0.05, 0.1) is 34.4 Å². The molecule has 4 fully saturated rings. The summed E-state index contributed by atoms with van der Waals surface area (Å²) in [6, 6.07) is 29.6. The van der Waals surface area contributed by atoms with Gasteiger partial charge >= 0.3 is 5.97 Å². The first-order chi connectivity index (χ1) is 36.0. The Morgan fingerprint density at radius 2 is 1.04 bits per heavy atom. The summed E-state index contributed by atoms with van der Waals surface area (Å²) in [5.74, 6) is -2.78. The quantitative estimate of drug-likeness (QED) is 0.0339. The van der Waals surface area contributed by atoms with Gasteiger partial charge in [-0.25, -0.2) is 13.6 Å². The molecule has 2 aliphatic carbocycles. The number of Topliss-reactive ketones (excluding diaryl/α,β-unsaturated/α-hetero) is 2. The van der Waals surface area contributed by atoms with Gasteiger partial charge in [-0.2, -0.15) is 0 Å². The first-order valence-corrected chi connectivity index (χ1v) is 26.3. The molecule has 76 heavy (non-hydrogen) atoms. The van der Waals surface area contributed by atoms with Gasteiger partial charge in [0.25, 0.3) is 5.91 Å². The van der Waals surface area contributed by atoms with E-state index in [9.17, 15) is 38.2 Å². The largest absolute Gasteiger partial charge is 0.489 e. The Bertz CT molecular complexity index is 3010. The van der Waals surface area contributed by atoms with Crippen LogP contribution in [0.1, 0.15) is 85.8 Å². The molecule has 2 saturated heterocycles. The number of carboxylic acid groups (broad SMARTS) is 1. The van der Waals surface area contributed by atoms with Gasteiger partial charge in [0.15, 0.2) is 0 Å². The summed E-state index contributed by atoms with van der Waals surface area (Å²) in [7, 11) is 0. The Morgan fingerprint density at radius 3 is 1.47 bits per heavy atom. The average molecular weight is 1200 g/mol. The van der Waals surface area contributed by atoms with Crippen LogP contribution in [0.5, 0.6) is 11.5 Å². The molecule has 2 saturated carbocycles. The number of carbonyl (C=O) groups is 4. The maximum absolute atomic E-state index is 13.4. The number of halogens is 5. The van der Waals surface area contributed by atoms with Gasteiger partial charge in [0.2, 0.25) is 11.6 Å². The van der Waals surface area contributed by atoms with E-state index in [0.717, 1.165) is 103 Å². The molecule has 10 rings (SSSR count). The van der Waals surface area contributed by atoms with Gasteiger partial charge < -0.3 is 45.6 Å². The second-order valence-electron chi connectivity index (χ2n) is 19.8. The van der Waals surface area contributed by atoms with E-state index in [1.165, 1.54) is 30.7 Å². The number of likely N-dealkylation sites (tertiary alicyclic amines) is 2. The van der Waals surface area contributed by atoms with Crippen molar-refractivity contribution in [2.75, 3.05) is 39.3 Å². The van der Waals surface area contributed by atoms with Crippen molar-refractivity contribution >= 4 is 92.2 Å². The Labute approximate surface area is 467 Å². The second-order valence-corrected chi connectivity index (χ2v) is 20.6. The third-order valence-electron chi connectivity index (χ3n) is 13.7. The van der Waals surface area contributed by atoms with E-state index < -0.39 is 41.7 Å². The predicted molar refractivity (Wildman–Crippen MR) is 300 cm³/mol. The number of amides is 1. The van der Waals surface area contributed by atoms with Gasteiger partial charge in [-0.05, 0) is 170 Å². The van der Waals surface area contributed by atoms with Crippen LogP contribution in [0.3, 0.4) is 0 Å². The van der Waals surface area contributed by atoms with Crippen molar-refractivity contribution in [1.29, 1.82) is 0 Å². The van der Waals surface area contributed by atoms with Crippen LogP contribution in [0.25, 0.3) is 21.5 Å². The Hall–Kier alpha value is -5.31. The normalized spacial score (nSPS) is 16.7. The lowest BCUT2D eigenvalue weighted by atomic mass is 9.99. The van der Waals surface area contributed by atoms with E-state index in [0.29, 0.717) is 52.6 Å². The molecule has 2 heterocycles. The number of rotatable bonds is 21. The smallest absolute Gasteiger partial charge is 0.372 e. The number of ketones is 2. The van der Waals surface area contributed by atoms with Crippen molar-refractivity contribution < 1.29 is 52.8 Å². The minimum atomic E-state index is -1.40. The van der Waals surface area contributed by atoms with Gasteiger partial charge in [-0.15, -0.1) is 24.0 Å².